The quantitative estimate of drug-likeness (QED) is 0.612. The van der Waals surface area contributed by atoms with E-state index < -0.39 is 12.6 Å². The lowest BCUT2D eigenvalue weighted by atomic mass is 10.1. The topological polar surface area (TPSA) is 95.4 Å². The van der Waals surface area contributed by atoms with Crippen LogP contribution in [0.3, 0.4) is 0 Å². The van der Waals surface area contributed by atoms with Crippen molar-refractivity contribution >= 4 is 33.3 Å². The molecule has 0 spiro atoms. The number of morpholine rings is 1. The molecule has 29 heavy (non-hydrogen) atoms. The van der Waals surface area contributed by atoms with Gasteiger partial charge in [-0.2, -0.15) is 14.0 Å². The molecule has 0 unspecified atom stereocenters. The van der Waals surface area contributed by atoms with Gasteiger partial charge in [-0.25, -0.2) is 4.79 Å². The van der Waals surface area contributed by atoms with Crippen molar-refractivity contribution in [1.29, 1.82) is 5.26 Å². The Morgan fingerprint density at radius 3 is 2.72 bits per heavy atom. The van der Waals surface area contributed by atoms with E-state index in [1.807, 2.05) is 18.2 Å². The van der Waals surface area contributed by atoms with Crippen molar-refractivity contribution in [2.45, 2.75) is 12.7 Å². The number of hydrogen-bond acceptors (Lipinski definition) is 5. The first-order valence-electron chi connectivity index (χ1n) is 8.65. The van der Waals surface area contributed by atoms with Crippen molar-refractivity contribution in [3.8, 4) is 11.8 Å². The van der Waals surface area contributed by atoms with E-state index in [9.17, 15) is 13.6 Å². The summed E-state index contributed by atoms with van der Waals surface area (Å²) >= 11 is 3.41. The molecule has 3 N–H and O–H groups in total. The van der Waals surface area contributed by atoms with Crippen LogP contribution in [0.15, 0.2) is 40.9 Å². The zero-order valence-electron chi connectivity index (χ0n) is 15.0. The second-order valence-corrected chi connectivity index (χ2v) is 6.94. The van der Waals surface area contributed by atoms with Crippen LogP contribution in [-0.4, -0.2) is 32.3 Å². The molecule has 0 aromatic heterocycles. The van der Waals surface area contributed by atoms with Crippen LogP contribution in [0.2, 0.25) is 0 Å². The predicted molar refractivity (Wildman–Crippen MR) is 106 cm³/mol. The summed E-state index contributed by atoms with van der Waals surface area (Å²) in [6, 6.07) is 10.4. The van der Waals surface area contributed by atoms with Gasteiger partial charge in [-0.3, -0.25) is 0 Å². The Labute approximate surface area is 174 Å². The number of carbonyl (C=O) groups excluding carboxylic acids is 1. The number of anilines is 2. The van der Waals surface area contributed by atoms with Crippen LogP contribution in [0.4, 0.5) is 25.0 Å². The number of benzene rings is 2. The average molecular weight is 467 g/mol. The largest absolute Gasteiger partial charge is 0.433 e. The molecule has 1 aliphatic rings. The van der Waals surface area contributed by atoms with Gasteiger partial charge in [0.25, 0.3) is 0 Å². The first-order chi connectivity index (χ1) is 14.0. The summed E-state index contributed by atoms with van der Waals surface area (Å²) in [4.78, 5) is 12.4. The van der Waals surface area contributed by atoms with Gasteiger partial charge in [0.05, 0.1) is 35.7 Å². The van der Waals surface area contributed by atoms with Crippen LogP contribution < -0.4 is 20.7 Å². The van der Waals surface area contributed by atoms with E-state index >= 15 is 0 Å². The highest BCUT2D eigenvalue weighted by Crippen LogP contribution is 2.30. The summed E-state index contributed by atoms with van der Waals surface area (Å²) in [6.45, 7) is -0.941. The Hall–Kier alpha value is -2.74. The van der Waals surface area contributed by atoms with E-state index in [2.05, 4.69) is 36.6 Å². The Kier molecular flexibility index (Phi) is 6.98. The average Bonchev–Trinajstić information content (AvgIpc) is 2.71. The third kappa shape index (κ3) is 5.63. The molecular formula is C19H17BrF2N4O3. The summed E-state index contributed by atoms with van der Waals surface area (Å²) in [7, 11) is 0. The number of carbonyl (C=O) groups is 1. The van der Waals surface area contributed by atoms with Gasteiger partial charge < -0.3 is 25.4 Å². The lowest BCUT2D eigenvalue weighted by Gasteiger charge is -2.24. The highest BCUT2D eigenvalue weighted by Gasteiger charge is 2.18. The summed E-state index contributed by atoms with van der Waals surface area (Å²) in [5.41, 5.74) is 1.57. The third-order valence-electron chi connectivity index (χ3n) is 4.11. The number of hydrogen-bond donors (Lipinski definition) is 3. The fourth-order valence-electron chi connectivity index (χ4n) is 2.78. The molecule has 0 radical (unpaired) electrons. The molecule has 0 bridgehead atoms. The molecule has 10 heteroatoms. The molecular weight excluding hydrogens is 450 g/mol. The van der Waals surface area contributed by atoms with Crippen molar-refractivity contribution in [2.24, 2.45) is 0 Å². The van der Waals surface area contributed by atoms with E-state index in [4.69, 9.17) is 10.00 Å². The number of alkyl halides is 2. The third-order valence-corrected chi connectivity index (χ3v) is 4.77. The fraction of sp³-hybridized carbons (Fsp3) is 0.263. The van der Waals surface area contributed by atoms with Gasteiger partial charge in [-0.1, -0.05) is 6.07 Å². The smallest absolute Gasteiger partial charge is 0.387 e. The normalized spacial score (nSPS) is 16.2. The molecule has 152 valence electrons. The monoisotopic (exact) mass is 466 g/mol. The molecule has 1 saturated heterocycles. The van der Waals surface area contributed by atoms with Crippen LogP contribution in [0.25, 0.3) is 0 Å². The summed E-state index contributed by atoms with van der Waals surface area (Å²) < 4.78 is 35.9. The van der Waals surface area contributed by atoms with Gasteiger partial charge >= 0.3 is 12.6 Å². The summed E-state index contributed by atoms with van der Waals surface area (Å²) in [6.07, 6.45) is -0.0781. The van der Waals surface area contributed by atoms with Gasteiger partial charge in [0.1, 0.15) is 5.75 Å². The summed E-state index contributed by atoms with van der Waals surface area (Å²) in [5.74, 6) is -0.245. The highest BCUT2D eigenvalue weighted by molar-refractivity contribution is 9.10. The van der Waals surface area contributed by atoms with Gasteiger partial charge in [0, 0.05) is 17.6 Å². The molecule has 0 saturated carbocycles. The molecule has 0 aliphatic carbocycles. The van der Waals surface area contributed by atoms with E-state index in [-0.39, 0.29) is 23.1 Å². The van der Waals surface area contributed by atoms with Crippen molar-refractivity contribution in [3.05, 3.63) is 52.0 Å². The minimum absolute atomic E-state index is 0.0451. The second-order valence-electron chi connectivity index (χ2n) is 6.08. The molecule has 1 atom stereocenters. The minimum Gasteiger partial charge on any atom is -0.433 e. The van der Waals surface area contributed by atoms with Crippen LogP contribution in [0, 0.1) is 11.3 Å². The van der Waals surface area contributed by atoms with Gasteiger partial charge in [0.2, 0.25) is 0 Å². The number of urea groups is 1. The number of ether oxygens (including phenoxy) is 2. The summed E-state index contributed by atoms with van der Waals surface area (Å²) in [5, 5.41) is 17.3. The molecule has 2 amide bonds. The zero-order valence-corrected chi connectivity index (χ0v) is 16.6. The first kappa shape index (κ1) is 21.0. The minimum atomic E-state index is -3.07. The molecule has 3 rings (SSSR count). The van der Waals surface area contributed by atoms with Gasteiger partial charge in [-0.05, 0) is 51.8 Å². The predicted octanol–water partition coefficient (Wildman–Crippen LogP) is 4.23. The molecule has 2 aromatic rings. The number of rotatable bonds is 5. The van der Waals surface area contributed by atoms with Crippen LogP contribution >= 0.6 is 15.9 Å². The zero-order chi connectivity index (χ0) is 20.8. The Bertz CT molecular complexity index is 930. The molecule has 2 aromatic carbocycles. The second kappa shape index (κ2) is 9.65. The maximum atomic E-state index is 12.6. The van der Waals surface area contributed by atoms with E-state index in [0.717, 1.165) is 12.1 Å². The van der Waals surface area contributed by atoms with Crippen molar-refractivity contribution in [3.63, 3.8) is 0 Å². The van der Waals surface area contributed by atoms with Gasteiger partial charge in [0.15, 0.2) is 0 Å². The fourth-order valence-corrected chi connectivity index (χ4v) is 3.28. The standard InChI is InChI=1S/C19H17BrF2N4O3/c20-13-8-12(17-10-24-5-6-28-17)2-3-14(13)25-19(27)26-15-7-11(9-23)1-4-16(15)29-18(21)22/h1-4,7-8,17-18,24H,5-6,10H2,(H2,25,26,27)/t17-/m1/s1. The maximum absolute atomic E-state index is 12.6. The van der Waals surface area contributed by atoms with E-state index in [1.165, 1.54) is 18.2 Å². The number of halogens is 3. The Morgan fingerprint density at radius 2 is 2.07 bits per heavy atom. The number of amides is 2. The van der Waals surface area contributed by atoms with E-state index in [0.29, 0.717) is 23.3 Å². The Morgan fingerprint density at radius 1 is 1.28 bits per heavy atom. The van der Waals surface area contributed by atoms with Crippen molar-refractivity contribution in [1.82, 2.24) is 5.32 Å². The number of nitrogens with one attached hydrogen (secondary N) is 3. The van der Waals surface area contributed by atoms with Crippen LogP contribution in [-0.2, 0) is 4.74 Å². The molecule has 1 heterocycles. The van der Waals surface area contributed by atoms with Crippen LogP contribution in [0.1, 0.15) is 17.2 Å². The molecule has 1 fully saturated rings. The number of nitriles is 1. The number of nitrogens with zero attached hydrogens (tertiary/aromatic N) is 1. The lowest BCUT2D eigenvalue weighted by Crippen LogP contribution is -2.33. The Balaban J connectivity index is 1.71. The van der Waals surface area contributed by atoms with Crippen LogP contribution in [0.5, 0.6) is 5.75 Å². The highest BCUT2D eigenvalue weighted by atomic mass is 79.9. The van der Waals surface area contributed by atoms with E-state index in [1.54, 1.807) is 6.07 Å². The molecule has 1 aliphatic heterocycles. The van der Waals surface area contributed by atoms with Gasteiger partial charge in [-0.15, -0.1) is 0 Å². The SMILES string of the molecule is N#Cc1ccc(OC(F)F)c(NC(=O)Nc2ccc([C@H]3CNCCO3)cc2Br)c1. The van der Waals surface area contributed by atoms with Crippen molar-refractivity contribution in [2.75, 3.05) is 30.3 Å². The molecule has 7 nitrogen and oxygen atoms in total. The lowest BCUT2D eigenvalue weighted by molar-refractivity contribution is -0.0493. The maximum Gasteiger partial charge on any atom is 0.387 e. The first-order valence-corrected chi connectivity index (χ1v) is 9.44. The van der Waals surface area contributed by atoms with Crippen molar-refractivity contribution < 1.29 is 23.0 Å².